The van der Waals surface area contributed by atoms with E-state index in [4.69, 9.17) is 10.5 Å². The third-order valence-electron chi connectivity index (χ3n) is 4.41. The Bertz CT molecular complexity index is 919. The van der Waals surface area contributed by atoms with E-state index in [1.54, 1.807) is 24.3 Å². The molecule has 1 aliphatic rings. The second kappa shape index (κ2) is 8.48. The number of rotatable bonds is 8. The summed E-state index contributed by atoms with van der Waals surface area (Å²) in [6, 6.07) is 8.73. The Kier molecular flexibility index (Phi) is 5.84. The topological polar surface area (TPSA) is 133 Å². The Hall–Kier alpha value is -3.47. The number of nitrogens with one attached hydrogen (secondary N) is 2. The summed E-state index contributed by atoms with van der Waals surface area (Å²) in [5.41, 5.74) is 7.52. The normalized spacial score (nSPS) is 12.9. The predicted octanol–water partition coefficient (Wildman–Crippen LogP) is 2.24. The molecule has 0 saturated heterocycles. The van der Waals surface area contributed by atoms with Gasteiger partial charge in [0.1, 0.15) is 28.9 Å². The number of carbonyl (C=O) groups is 1. The van der Waals surface area contributed by atoms with Crippen LogP contribution in [0.1, 0.15) is 25.3 Å². The molecule has 0 bridgehead atoms. The lowest BCUT2D eigenvalue weighted by atomic mass is 10.1. The maximum Gasteiger partial charge on any atom is 0.216 e. The summed E-state index contributed by atoms with van der Waals surface area (Å²) in [6.45, 7) is 2.82. The summed E-state index contributed by atoms with van der Waals surface area (Å²) >= 11 is 0. The molecule has 1 amide bonds. The van der Waals surface area contributed by atoms with Crippen molar-refractivity contribution in [3.63, 3.8) is 0 Å². The Balaban J connectivity index is 1.91. The van der Waals surface area contributed by atoms with Crippen LogP contribution in [0.15, 0.2) is 24.3 Å². The zero-order valence-corrected chi connectivity index (χ0v) is 15.7. The van der Waals surface area contributed by atoms with Crippen molar-refractivity contribution in [2.24, 2.45) is 5.92 Å². The van der Waals surface area contributed by atoms with Gasteiger partial charge in [-0.1, -0.05) is 6.07 Å². The molecule has 0 aliphatic heterocycles. The molecule has 0 unspecified atom stereocenters. The number of amides is 1. The van der Waals surface area contributed by atoms with Gasteiger partial charge in [0.25, 0.3) is 0 Å². The number of benzene rings is 1. The average Bonchev–Trinajstić information content (AvgIpc) is 3.47. The first-order chi connectivity index (χ1) is 13.5. The average molecular weight is 381 g/mol. The number of pyridine rings is 1. The van der Waals surface area contributed by atoms with Crippen LogP contribution in [0.2, 0.25) is 0 Å². The number of aromatic hydroxyl groups is 1. The fourth-order valence-corrected chi connectivity index (χ4v) is 2.77. The monoisotopic (exact) mass is 381 g/mol. The summed E-state index contributed by atoms with van der Waals surface area (Å²) in [4.78, 5) is 15.3. The van der Waals surface area contributed by atoms with Gasteiger partial charge < -0.3 is 26.2 Å². The third-order valence-corrected chi connectivity index (χ3v) is 4.41. The van der Waals surface area contributed by atoms with Gasteiger partial charge in [0.15, 0.2) is 0 Å². The minimum Gasteiger partial charge on any atom is -0.507 e. The number of anilines is 2. The van der Waals surface area contributed by atoms with E-state index < -0.39 is 0 Å². The minimum atomic E-state index is -0.135. The fraction of sp³-hybridized carbons (Fsp3) is 0.350. The molecular formula is C20H23N5O3. The highest BCUT2D eigenvalue weighted by Gasteiger charge is 2.24. The van der Waals surface area contributed by atoms with Gasteiger partial charge in [-0.2, -0.15) is 5.26 Å². The van der Waals surface area contributed by atoms with Gasteiger partial charge in [-0.25, -0.2) is 4.98 Å². The summed E-state index contributed by atoms with van der Waals surface area (Å²) in [6.07, 6.45) is 2.30. The molecule has 1 heterocycles. The van der Waals surface area contributed by atoms with Crippen molar-refractivity contribution >= 4 is 17.4 Å². The van der Waals surface area contributed by atoms with Crippen molar-refractivity contribution in [2.75, 3.05) is 30.7 Å². The largest absolute Gasteiger partial charge is 0.507 e. The number of nitriles is 1. The molecular weight excluding hydrogens is 358 g/mol. The van der Waals surface area contributed by atoms with Crippen LogP contribution in [0.25, 0.3) is 11.3 Å². The van der Waals surface area contributed by atoms with E-state index in [1.165, 1.54) is 6.92 Å². The summed E-state index contributed by atoms with van der Waals surface area (Å²) in [5, 5.41) is 25.6. The van der Waals surface area contributed by atoms with E-state index in [0.717, 1.165) is 12.8 Å². The van der Waals surface area contributed by atoms with Crippen molar-refractivity contribution in [1.29, 1.82) is 5.26 Å². The fourth-order valence-electron chi connectivity index (χ4n) is 2.77. The van der Waals surface area contributed by atoms with Crippen LogP contribution in [-0.2, 0) is 4.79 Å². The van der Waals surface area contributed by atoms with Gasteiger partial charge in [0, 0.05) is 20.0 Å². The number of phenols is 1. The number of nitrogen functional groups attached to an aromatic ring is 1. The lowest BCUT2D eigenvalue weighted by Gasteiger charge is -2.15. The molecule has 8 nitrogen and oxygen atoms in total. The summed E-state index contributed by atoms with van der Waals surface area (Å²) < 4.78 is 5.88. The van der Waals surface area contributed by atoms with Crippen LogP contribution in [0.4, 0.5) is 11.5 Å². The summed E-state index contributed by atoms with van der Waals surface area (Å²) in [5.74, 6) is 1.02. The van der Waals surface area contributed by atoms with E-state index >= 15 is 0 Å². The molecule has 146 valence electrons. The second-order valence-corrected chi connectivity index (χ2v) is 6.74. The number of carbonyl (C=O) groups excluding carboxylic acids is 1. The quantitative estimate of drug-likeness (QED) is 0.515. The van der Waals surface area contributed by atoms with Gasteiger partial charge in [-0.05, 0) is 37.0 Å². The number of hydrogen-bond acceptors (Lipinski definition) is 7. The molecule has 28 heavy (non-hydrogen) atoms. The number of phenolic OH excluding ortho intramolecular Hbond substituents is 1. The van der Waals surface area contributed by atoms with E-state index in [-0.39, 0.29) is 23.0 Å². The molecule has 1 saturated carbocycles. The molecule has 1 aromatic carbocycles. The number of nitrogens with zero attached hydrogens (tertiary/aromatic N) is 2. The minimum absolute atomic E-state index is 0.0223. The Labute approximate surface area is 163 Å². The molecule has 5 N–H and O–H groups in total. The van der Waals surface area contributed by atoms with Crippen LogP contribution in [0.5, 0.6) is 11.5 Å². The smallest absolute Gasteiger partial charge is 0.216 e. The van der Waals surface area contributed by atoms with Crippen LogP contribution >= 0.6 is 0 Å². The van der Waals surface area contributed by atoms with E-state index in [0.29, 0.717) is 48.3 Å². The molecule has 2 aromatic rings. The van der Waals surface area contributed by atoms with Gasteiger partial charge >= 0.3 is 0 Å². The maximum atomic E-state index is 11.0. The molecule has 0 atom stereocenters. The zero-order valence-electron chi connectivity index (χ0n) is 15.7. The van der Waals surface area contributed by atoms with Crippen molar-refractivity contribution < 1.29 is 14.6 Å². The molecule has 1 fully saturated rings. The standard InChI is InChI=1S/C20H23N5O3/c1-12(26)23-7-8-24-15-9-16(25-20(22)14(15)10-21)19-17(27)3-2-4-18(19)28-11-13-5-6-13/h2-4,9,13,27H,5-8,11H2,1H3,(H,23,26)(H3,22,24,25). The van der Waals surface area contributed by atoms with Crippen molar-refractivity contribution in [2.45, 2.75) is 19.8 Å². The highest BCUT2D eigenvalue weighted by Crippen LogP contribution is 2.40. The number of hydrogen-bond donors (Lipinski definition) is 4. The molecule has 1 aliphatic carbocycles. The Morgan fingerprint density at radius 3 is 2.89 bits per heavy atom. The molecule has 8 heteroatoms. The first kappa shape index (κ1) is 19.3. The SMILES string of the molecule is CC(=O)NCCNc1cc(-c2c(O)cccc2OCC2CC2)nc(N)c1C#N. The number of aromatic nitrogens is 1. The summed E-state index contributed by atoms with van der Waals surface area (Å²) in [7, 11) is 0. The van der Waals surface area contributed by atoms with E-state index in [1.807, 2.05) is 6.07 Å². The molecule has 0 spiro atoms. The van der Waals surface area contributed by atoms with E-state index in [2.05, 4.69) is 15.6 Å². The lowest BCUT2D eigenvalue weighted by molar-refractivity contribution is -0.118. The Morgan fingerprint density at radius 2 is 2.21 bits per heavy atom. The lowest BCUT2D eigenvalue weighted by Crippen LogP contribution is -2.26. The second-order valence-electron chi connectivity index (χ2n) is 6.74. The molecule has 3 rings (SSSR count). The van der Waals surface area contributed by atoms with Crippen LogP contribution < -0.4 is 21.1 Å². The highest BCUT2D eigenvalue weighted by atomic mass is 16.5. The molecule has 1 aromatic heterocycles. The third kappa shape index (κ3) is 4.62. The van der Waals surface area contributed by atoms with Gasteiger partial charge in [-0.3, -0.25) is 4.79 Å². The first-order valence-corrected chi connectivity index (χ1v) is 9.13. The van der Waals surface area contributed by atoms with Crippen molar-refractivity contribution in [3.8, 4) is 28.8 Å². The van der Waals surface area contributed by atoms with Crippen LogP contribution in [-0.4, -0.2) is 35.7 Å². The van der Waals surface area contributed by atoms with Gasteiger partial charge in [0.05, 0.1) is 23.6 Å². The maximum absolute atomic E-state index is 11.0. The number of ether oxygens (including phenoxy) is 1. The van der Waals surface area contributed by atoms with E-state index in [9.17, 15) is 15.2 Å². The van der Waals surface area contributed by atoms with Crippen LogP contribution in [0, 0.1) is 17.2 Å². The first-order valence-electron chi connectivity index (χ1n) is 9.13. The Morgan fingerprint density at radius 1 is 1.43 bits per heavy atom. The highest BCUT2D eigenvalue weighted by molar-refractivity contribution is 5.80. The van der Waals surface area contributed by atoms with Crippen LogP contribution in [0.3, 0.4) is 0 Å². The van der Waals surface area contributed by atoms with Crippen molar-refractivity contribution in [3.05, 3.63) is 29.8 Å². The molecule has 0 radical (unpaired) electrons. The van der Waals surface area contributed by atoms with Gasteiger partial charge in [-0.15, -0.1) is 0 Å². The number of nitrogens with two attached hydrogens (primary N) is 1. The predicted molar refractivity (Wildman–Crippen MR) is 106 cm³/mol. The zero-order chi connectivity index (χ0) is 20.1. The van der Waals surface area contributed by atoms with Crippen molar-refractivity contribution in [1.82, 2.24) is 10.3 Å². The van der Waals surface area contributed by atoms with Gasteiger partial charge in [0.2, 0.25) is 5.91 Å².